The number of phenolic OH excluding ortho intramolecular Hbond substituents is 1. The molecule has 2 aromatic heterocycles. The van der Waals surface area contributed by atoms with Crippen molar-refractivity contribution < 1.29 is 5.11 Å². The van der Waals surface area contributed by atoms with E-state index in [1.807, 2.05) is 30.3 Å². The van der Waals surface area contributed by atoms with Gasteiger partial charge in [0.2, 0.25) is 5.95 Å². The van der Waals surface area contributed by atoms with Crippen molar-refractivity contribution in [2.24, 2.45) is 19.2 Å². The maximum absolute atomic E-state index is 13.1. The Kier molecular flexibility index (Phi) is 4.93. The third kappa shape index (κ3) is 3.48. The second-order valence-electron chi connectivity index (χ2n) is 6.85. The lowest BCUT2D eigenvalue weighted by atomic mass is 10.2. The molecule has 0 aliphatic carbocycles. The molecule has 0 atom stereocenters. The Bertz CT molecular complexity index is 1350. The molecule has 152 valence electrons. The van der Waals surface area contributed by atoms with E-state index in [4.69, 9.17) is 0 Å². The van der Waals surface area contributed by atoms with Gasteiger partial charge in [0.1, 0.15) is 5.75 Å². The molecule has 0 fully saturated rings. The number of benzene rings is 2. The van der Waals surface area contributed by atoms with Gasteiger partial charge < -0.3 is 9.67 Å². The fraction of sp³-hybridized carbons (Fsp3) is 0.143. The number of aryl methyl sites for hydroxylation is 2. The molecule has 2 aromatic carbocycles. The summed E-state index contributed by atoms with van der Waals surface area (Å²) in [4.78, 5) is 30.2. The van der Waals surface area contributed by atoms with Gasteiger partial charge >= 0.3 is 5.69 Å². The van der Waals surface area contributed by atoms with E-state index in [9.17, 15) is 14.7 Å². The standard InChI is InChI=1S/C21H20N6O3/c1-25-17-18(23-20(25)24-22-12-14-8-10-16(28)11-9-14)26(2)21(30)27(19(17)29)13-15-6-4-3-5-7-15/h3-12,28H,13H2,1-2H3,(H,23,24)/b22-12-. The van der Waals surface area contributed by atoms with Crippen molar-refractivity contribution in [3.05, 3.63) is 86.6 Å². The number of anilines is 1. The molecule has 0 bridgehead atoms. The van der Waals surface area contributed by atoms with E-state index >= 15 is 0 Å². The second-order valence-corrected chi connectivity index (χ2v) is 6.85. The van der Waals surface area contributed by atoms with Crippen LogP contribution in [0, 0.1) is 0 Å². The van der Waals surface area contributed by atoms with Crippen molar-refractivity contribution in [1.82, 2.24) is 18.7 Å². The molecule has 2 heterocycles. The van der Waals surface area contributed by atoms with E-state index in [1.54, 1.807) is 49.1 Å². The summed E-state index contributed by atoms with van der Waals surface area (Å²) in [6.45, 7) is 0.176. The number of nitrogens with zero attached hydrogens (tertiary/aromatic N) is 5. The van der Waals surface area contributed by atoms with E-state index in [0.717, 1.165) is 11.1 Å². The summed E-state index contributed by atoms with van der Waals surface area (Å²) < 4.78 is 4.13. The highest BCUT2D eigenvalue weighted by atomic mass is 16.3. The van der Waals surface area contributed by atoms with Crippen LogP contribution in [0.5, 0.6) is 5.75 Å². The lowest BCUT2D eigenvalue weighted by Gasteiger charge is -2.08. The van der Waals surface area contributed by atoms with Crippen LogP contribution in [0.1, 0.15) is 11.1 Å². The summed E-state index contributed by atoms with van der Waals surface area (Å²) in [5.41, 5.74) is 4.16. The molecular weight excluding hydrogens is 384 g/mol. The topological polar surface area (TPSA) is 106 Å². The number of hydrogen-bond acceptors (Lipinski definition) is 6. The average Bonchev–Trinajstić information content (AvgIpc) is 3.08. The number of hydrogen-bond donors (Lipinski definition) is 2. The maximum Gasteiger partial charge on any atom is 0.332 e. The van der Waals surface area contributed by atoms with Crippen molar-refractivity contribution >= 4 is 23.3 Å². The predicted molar refractivity (Wildman–Crippen MR) is 115 cm³/mol. The third-order valence-electron chi connectivity index (χ3n) is 4.81. The number of aromatic nitrogens is 4. The molecule has 4 rings (SSSR count). The summed E-state index contributed by atoms with van der Waals surface area (Å²) in [5.74, 6) is 0.493. The van der Waals surface area contributed by atoms with Gasteiger partial charge in [-0.25, -0.2) is 10.2 Å². The molecule has 30 heavy (non-hydrogen) atoms. The van der Waals surface area contributed by atoms with Gasteiger partial charge in [-0.3, -0.25) is 13.9 Å². The van der Waals surface area contributed by atoms with Gasteiger partial charge in [-0.1, -0.05) is 30.3 Å². The highest BCUT2D eigenvalue weighted by molar-refractivity contribution is 5.80. The van der Waals surface area contributed by atoms with Gasteiger partial charge in [0.05, 0.1) is 12.8 Å². The Hall–Kier alpha value is -4.14. The fourth-order valence-electron chi connectivity index (χ4n) is 3.17. The quantitative estimate of drug-likeness (QED) is 0.388. The van der Waals surface area contributed by atoms with Crippen molar-refractivity contribution in [3.8, 4) is 5.75 Å². The molecule has 9 heteroatoms. The Labute approximate surface area is 171 Å². The molecule has 0 unspecified atom stereocenters. The smallest absolute Gasteiger partial charge is 0.332 e. The molecule has 2 N–H and O–H groups in total. The van der Waals surface area contributed by atoms with Crippen LogP contribution in [0.4, 0.5) is 5.95 Å². The zero-order valence-corrected chi connectivity index (χ0v) is 16.5. The van der Waals surface area contributed by atoms with Gasteiger partial charge in [-0.2, -0.15) is 10.1 Å². The van der Waals surface area contributed by atoms with Crippen LogP contribution in [0.2, 0.25) is 0 Å². The van der Waals surface area contributed by atoms with E-state index in [1.165, 1.54) is 9.13 Å². The Morgan fingerprint density at radius 2 is 1.73 bits per heavy atom. The number of nitrogens with one attached hydrogen (secondary N) is 1. The highest BCUT2D eigenvalue weighted by Crippen LogP contribution is 2.14. The van der Waals surface area contributed by atoms with Crippen LogP contribution >= 0.6 is 0 Å². The monoisotopic (exact) mass is 404 g/mol. The highest BCUT2D eigenvalue weighted by Gasteiger charge is 2.18. The van der Waals surface area contributed by atoms with Gasteiger partial charge in [0.25, 0.3) is 5.56 Å². The van der Waals surface area contributed by atoms with E-state index < -0.39 is 11.2 Å². The molecule has 0 aliphatic rings. The summed E-state index contributed by atoms with van der Waals surface area (Å²) in [5, 5.41) is 13.5. The lowest BCUT2D eigenvalue weighted by Crippen LogP contribution is -2.39. The number of phenols is 1. The first-order valence-corrected chi connectivity index (χ1v) is 9.24. The summed E-state index contributed by atoms with van der Waals surface area (Å²) >= 11 is 0. The van der Waals surface area contributed by atoms with Crippen LogP contribution in [0.15, 0.2) is 69.3 Å². The van der Waals surface area contributed by atoms with Crippen molar-refractivity contribution in [3.63, 3.8) is 0 Å². The van der Waals surface area contributed by atoms with Crippen LogP contribution in [-0.2, 0) is 20.6 Å². The van der Waals surface area contributed by atoms with Crippen LogP contribution in [0.25, 0.3) is 11.2 Å². The van der Waals surface area contributed by atoms with E-state index in [0.29, 0.717) is 11.5 Å². The van der Waals surface area contributed by atoms with Crippen LogP contribution < -0.4 is 16.7 Å². The van der Waals surface area contributed by atoms with E-state index in [-0.39, 0.29) is 17.9 Å². The first kappa shape index (κ1) is 19.2. The van der Waals surface area contributed by atoms with Crippen LogP contribution in [-0.4, -0.2) is 30.0 Å². The third-order valence-corrected chi connectivity index (χ3v) is 4.81. The summed E-state index contributed by atoms with van der Waals surface area (Å²) in [6, 6.07) is 15.9. The van der Waals surface area contributed by atoms with Gasteiger partial charge in [0.15, 0.2) is 11.2 Å². The second kappa shape index (κ2) is 7.70. The van der Waals surface area contributed by atoms with Gasteiger partial charge in [0, 0.05) is 14.1 Å². The van der Waals surface area contributed by atoms with Crippen LogP contribution in [0.3, 0.4) is 0 Å². The van der Waals surface area contributed by atoms with Crippen molar-refractivity contribution in [2.45, 2.75) is 6.54 Å². The van der Waals surface area contributed by atoms with Gasteiger partial charge in [-0.05, 0) is 35.4 Å². The number of rotatable bonds is 5. The molecule has 0 saturated heterocycles. The first-order chi connectivity index (χ1) is 14.5. The molecule has 9 nitrogen and oxygen atoms in total. The Morgan fingerprint density at radius 3 is 2.43 bits per heavy atom. The molecule has 0 aliphatic heterocycles. The summed E-state index contributed by atoms with van der Waals surface area (Å²) in [7, 11) is 3.27. The largest absolute Gasteiger partial charge is 0.508 e. The van der Waals surface area contributed by atoms with E-state index in [2.05, 4.69) is 15.5 Å². The Balaban J connectivity index is 1.72. The minimum absolute atomic E-state index is 0.170. The molecule has 0 amide bonds. The minimum Gasteiger partial charge on any atom is -0.508 e. The molecule has 4 aromatic rings. The maximum atomic E-state index is 13.1. The number of imidazole rings is 1. The summed E-state index contributed by atoms with van der Waals surface area (Å²) in [6.07, 6.45) is 1.56. The molecule has 0 spiro atoms. The molecular formula is C21H20N6O3. The van der Waals surface area contributed by atoms with Crippen molar-refractivity contribution in [2.75, 3.05) is 5.43 Å². The number of hydrazone groups is 1. The SMILES string of the molecule is Cn1c(N/N=C\c2ccc(O)cc2)nc2c1c(=O)n(Cc1ccccc1)c(=O)n2C. The number of fused-ring (bicyclic) bond motifs is 1. The van der Waals surface area contributed by atoms with Gasteiger partial charge in [-0.15, -0.1) is 0 Å². The molecule has 0 radical (unpaired) electrons. The van der Waals surface area contributed by atoms with Crippen molar-refractivity contribution in [1.29, 1.82) is 0 Å². The normalized spacial score (nSPS) is 11.4. The first-order valence-electron chi connectivity index (χ1n) is 9.24. The fourth-order valence-corrected chi connectivity index (χ4v) is 3.17. The zero-order chi connectivity index (χ0) is 21.3. The zero-order valence-electron chi connectivity index (χ0n) is 16.5. The molecule has 0 saturated carbocycles. The number of aromatic hydroxyl groups is 1. The minimum atomic E-state index is -0.436. The predicted octanol–water partition coefficient (Wildman–Crippen LogP) is 1.63. The Morgan fingerprint density at radius 1 is 1.03 bits per heavy atom. The average molecular weight is 404 g/mol. The lowest BCUT2D eigenvalue weighted by molar-refractivity contribution is 0.475.